The molecule has 1 fully saturated rings. The Kier molecular flexibility index (Phi) is 7.82. The molecule has 3 heteroatoms. The monoisotopic (exact) mass is 243 g/mol. The van der Waals surface area contributed by atoms with Gasteiger partial charge in [-0.25, -0.2) is 0 Å². The van der Waals surface area contributed by atoms with Crippen molar-refractivity contribution >= 4 is 0 Å². The molecule has 0 radical (unpaired) electrons. The van der Waals surface area contributed by atoms with Gasteiger partial charge in [-0.3, -0.25) is 0 Å². The van der Waals surface area contributed by atoms with E-state index in [0.29, 0.717) is 18.1 Å². The molecule has 1 aliphatic rings. The van der Waals surface area contributed by atoms with Crippen molar-refractivity contribution in [2.24, 2.45) is 5.92 Å². The second-order valence-corrected chi connectivity index (χ2v) is 5.12. The normalized spacial score (nSPS) is 19.8. The zero-order chi connectivity index (χ0) is 12.5. The van der Waals surface area contributed by atoms with Gasteiger partial charge in [-0.1, -0.05) is 13.8 Å². The topological polar surface area (TPSA) is 30.5 Å². The quantitative estimate of drug-likeness (QED) is 0.711. The summed E-state index contributed by atoms with van der Waals surface area (Å²) in [6.07, 6.45) is 5.03. The summed E-state index contributed by atoms with van der Waals surface area (Å²) in [6.45, 7) is 10.3. The molecular formula is C14H29NO2. The van der Waals surface area contributed by atoms with Crippen LogP contribution in [0.15, 0.2) is 0 Å². The fourth-order valence-electron chi connectivity index (χ4n) is 2.18. The van der Waals surface area contributed by atoms with E-state index in [1.807, 2.05) is 0 Å². The van der Waals surface area contributed by atoms with Crippen molar-refractivity contribution in [3.63, 3.8) is 0 Å². The number of nitrogens with one attached hydrogen (secondary N) is 1. The molecule has 0 saturated carbocycles. The zero-order valence-corrected chi connectivity index (χ0v) is 11.7. The Morgan fingerprint density at radius 1 is 1.24 bits per heavy atom. The van der Waals surface area contributed by atoms with E-state index in [4.69, 9.17) is 9.47 Å². The van der Waals surface area contributed by atoms with E-state index >= 15 is 0 Å². The van der Waals surface area contributed by atoms with Crippen LogP contribution in [0.3, 0.4) is 0 Å². The Morgan fingerprint density at radius 2 is 1.88 bits per heavy atom. The lowest BCUT2D eigenvalue weighted by atomic mass is 10.0. The van der Waals surface area contributed by atoms with Gasteiger partial charge in [0.1, 0.15) is 0 Å². The predicted octanol–water partition coefficient (Wildman–Crippen LogP) is 2.60. The lowest BCUT2D eigenvalue weighted by Crippen LogP contribution is -2.35. The van der Waals surface area contributed by atoms with Crippen LogP contribution in [0.4, 0.5) is 0 Å². The summed E-state index contributed by atoms with van der Waals surface area (Å²) < 4.78 is 11.2. The Balaban J connectivity index is 2.05. The van der Waals surface area contributed by atoms with Crippen molar-refractivity contribution < 1.29 is 9.47 Å². The Morgan fingerprint density at radius 3 is 2.47 bits per heavy atom. The van der Waals surface area contributed by atoms with Gasteiger partial charge in [0.05, 0.1) is 6.10 Å². The molecule has 0 aromatic rings. The first-order valence-corrected chi connectivity index (χ1v) is 7.19. The molecule has 1 rings (SSSR count). The molecule has 0 aromatic carbocycles. The number of rotatable bonds is 8. The molecule has 1 heterocycles. The molecular weight excluding hydrogens is 214 g/mol. The van der Waals surface area contributed by atoms with Crippen LogP contribution in [-0.2, 0) is 9.47 Å². The first-order valence-electron chi connectivity index (χ1n) is 7.19. The molecule has 0 aromatic heterocycles. The van der Waals surface area contributed by atoms with Crippen LogP contribution in [0.1, 0.15) is 46.5 Å². The highest BCUT2D eigenvalue weighted by molar-refractivity contribution is 4.67. The van der Waals surface area contributed by atoms with Gasteiger partial charge in [0.15, 0.2) is 0 Å². The molecule has 1 N–H and O–H groups in total. The highest BCUT2D eigenvalue weighted by Gasteiger charge is 2.15. The second kappa shape index (κ2) is 8.90. The van der Waals surface area contributed by atoms with Gasteiger partial charge in [0, 0.05) is 32.4 Å². The largest absolute Gasteiger partial charge is 0.381 e. The molecule has 0 aliphatic carbocycles. The summed E-state index contributed by atoms with van der Waals surface area (Å²) >= 11 is 0. The number of hydrogen-bond donors (Lipinski definition) is 1. The summed E-state index contributed by atoms with van der Waals surface area (Å²) in [6, 6.07) is 0.643. The van der Waals surface area contributed by atoms with Crippen LogP contribution in [0, 0.1) is 5.92 Å². The maximum absolute atomic E-state index is 5.90. The van der Waals surface area contributed by atoms with Crippen molar-refractivity contribution in [1.29, 1.82) is 0 Å². The van der Waals surface area contributed by atoms with E-state index in [1.54, 1.807) is 0 Å². The van der Waals surface area contributed by atoms with Gasteiger partial charge >= 0.3 is 0 Å². The maximum atomic E-state index is 5.90. The van der Waals surface area contributed by atoms with Gasteiger partial charge in [0.2, 0.25) is 0 Å². The molecule has 1 saturated heterocycles. The fraction of sp³-hybridized carbons (Fsp3) is 1.00. The van der Waals surface area contributed by atoms with E-state index in [2.05, 4.69) is 26.1 Å². The lowest BCUT2D eigenvalue weighted by Gasteiger charge is -2.24. The van der Waals surface area contributed by atoms with Crippen molar-refractivity contribution in [2.75, 3.05) is 26.4 Å². The van der Waals surface area contributed by atoms with E-state index in [9.17, 15) is 0 Å². The minimum absolute atomic E-state index is 0.318. The molecule has 1 unspecified atom stereocenters. The molecule has 0 spiro atoms. The first-order chi connectivity index (χ1) is 8.26. The smallest absolute Gasteiger partial charge is 0.0671 e. The third-order valence-electron chi connectivity index (χ3n) is 3.64. The standard InChI is InChI=1S/C14H29NO2/c1-4-14(5-2)15-10-12(3)17-11-13-6-8-16-9-7-13/h12-15H,4-11H2,1-3H3. The second-order valence-electron chi connectivity index (χ2n) is 5.12. The molecule has 0 bridgehead atoms. The summed E-state index contributed by atoms with van der Waals surface area (Å²) in [4.78, 5) is 0. The van der Waals surface area contributed by atoms with Crippen LogP contribution in [0.25, 0.3) is 0 Å². The third-order valence-corrected chi connectivity index (χ3v) is 3.64. The molecule has 102 valence electrons. The minimum Gasteiger partial charge on any atom is -0.381 e. The Hall–Kier alpha value is -0.120. The lowest BCUT2D eigenvalue weighted by molar-refractivity contribution is -0.00507. The van der Waals surface area contributed by atoms with E-state index < -0.39 is 0 Å². The van der Waals surface area contributed by atoms with E-state index in [1.165, 1.54) is 12.8 Å². The third kappa shape index (κ3) is 6.39. The fourth-order valence-corrected chi connectivity index (χ4v) is 2.18. The van der Waals surface area contributed by atoms with Gasteiger partial charge in [0.25, 0.3) is 0 Å². The first kappa shape index (κ1) is 14.9. The van der Waals surface area contributed by atoms with Crippen LogP contribution in [0.5, 0.6) is 0 Å². The average Bonchev–Trinajstić information content (AvgIpc) is 2.39. The Bertz CT molecular complexity index is 177. The van der Waals surface area contributed by atoms with Crippen LogP contribution < -0.4 is 5.32 Å². The molecule has 3 nitrogen and oxygen atoms in total. The van der Waals surface area contributed by atoms with Crippen LogP contribution in [0.2, 0.25) is 0 Å². The molecule has 0 amide bonds. The van der Waals surface area contributed by atoms with Crippen LogP contribution in [-0.4, -0.2) is 38.5 Å². The van der Waals surface area contributed by atoms with Gasteiger partial charge < -0.3 is 14.8 Å². The Labute approximate surface area is 106 Å². The van der Waals surface area contributed by atoms with Gasteiger partial charge in [-0.05, 0) is 38.5 Å². The molecule has 1 aliphatic heterocycles. The van der Waals surface area contributed by atoms with Crippen molar-refractivity contribution in [3.8, 4) is 0 Å². The predicted molar refractivity (Wildman–Crippen MR) is 71.3 cm³/mol. The van der Waals surface area contributed by atoms with Gasteiger partial charge in [-0.2, -0.15) is 0 Å². The van der Waals surface area contributed by atoms with E-state index in [-0.39, 0.29) is 0 Å². The summed E-state index contributed by atoms with van der Waals surface area (Å²) in [5, 5.41) is 3.56. The minimum atomic E-state index is 0.318. The van der Waals surface area contributed by atoms with E-state index in [0.717, 1.165) is 39.2 Å². The van der Waals surface area contributed by atoms with Crippen molar-refractivity contribution in [2.45, 2.75) is 58.6 Å². The van der Waals surface area contributed by atoms with Crippen molar-refractivity contribution in [1.82, 2.24) is 5.32 Å². The molecule has 1 atom stereocenters. The maximum Gasteiger partial charge on any atom is 0.0671 e. The summed E-state index contributed by atoms with van der Waals surface area (Å²) in [5.74, 6) is 0.708. The number of ether oxygens (including phenoxy) is 2. The summed E-state index contributed by atoms with van der Waals surface area (Å²) in [5.41, 5.74) is 0. The van der Waals surface area contributed by atoms with Crippen LogP contribution >= 0.6 is 0 Å². The summed E-state index contributed by atoms with van der Waals surface area (Å²) in [7, 11) is 0. The number of hydrogen-bond acceptors (Lipinski definition) is 3. The molecule has 17 heavy (non-hydrogen) atoms. The highest BCUT2D eigenvalue weighted by atomic mass is 16.5. The SMILES string of the molecule is CCC(CC)NCC(C)OCC1CCOCC1. The highest BCUT2D eigenvalue weighted by Crippen LogP contribution is 2.15. The van der Waals surface area contributed by atoms with Gasteiger partial charge in [-0.15, -0.1) is 0 Å². The average molecular weight is 243 g/mol. The zero-order valence-electron chi connectivity index (χ0n) is 11.7. The van der Waals surface area contributed by atoms with Crippen molar-refractivity contribution in [3.05, 3.63) is 0 Å².